The van der Waals surface area contributed by atoms with Crippen LogP contribution in [0.5, 0.6) is 0 Å². The third-order valence-corrected chi connectivity index (χ3v) is 4.91. The normalized spacial score (nSPS) is 21.3. The molecule has 0 saturated carbocycles. The minimum absolute atomic E-state index is 0. The lowest BCUT2D eigenvalue weighted by Gasteiger charge is -2.39. The van der Waals surface area contributed by atoms with E-state index in [0.717, 1.165) is 38.1 Å². The molecule has 0 aromatic carbocycles. The topological polar surface area (TPSA) is 45.5 Å². The second kappa shape index (κ2) is 11.8. The highest BCUT2D eigenvalue weighted by molar-refractivity contribution is 14.0. The van der Waals surface area contributed by atoms with Gasteiger partial charge >= 0.3 is 0 Å². The van der Waals surface area contributed by atoms with Gasteiger partial charge in [-0.3, -0.25) is 4.99 Å². The van der Waals surface area contributed by atoms with Crippen molar-refractivity contribution >= 4 is 29.9 Å². The Morgan fingerprint density at radius 1 is 1.36 bits per heavy atom. The maximum Gasteiger partial charge on any atom is 0.193 e. The van der Waals surface area contributed by atoms with E-state index in [-0.39, 0.29) is 24.0 Å². The van der Waals surface area contributed by atoms with Crippen molar-refractivity contribution in [3.8, 4) is 0 Å². The fourth-order valence-corrected chi connectivity index (χ4v) is 3.37. The van der Waals surface area contributed by atoms with Crippen LogP contribution in [0, 0.1) is 11.8 Å². The van der Waals surface area contributed by atoms with Crippen LogP contribution in [0.2, 0.25) is 0 Å². The number of piperidine rings is 1. The lowest BCUT2D eigenvalue weighted by molar-refractivity contribution is 0.189. The van der Waals surface area contributed by atoms with Crippen molar-refractivity contribution in [3.63, 3.8) is 0 Å². The van der Waals surface area contributed by atoms with Crippen molar-refractivity contribution in [3.05, 3.63) is 18.7 Å². The van der Waals surface area contributed by atoms with Gasteiger partial charge in [-0.05, 0) is 31.6 Å². The summed E-state index contributed by atoms with van der Waals surface area (Å²) in [6.45, 7) is 13.0. The molecule has 1 aliphatic rings. The van der Waals surface area contributed by atoms with E-state index in [2.05, 4.69) is 53.7 Å². The fourth-order valence-electron chi connectivity index (χ4n) is 3.37. The lowest BCUT2D eigenvalue weighted by Crippen LogP contribution is -2.49. The molecule has 0 radical (unpaired) electrons. The molecule has 2 rings (SSSR count). The average Bonchev–Trinajstić information content (AvgIpc) is 3.08. The average molecular weight is 461 g/mol. The van der Waals surface area contributed by atoms with Gasteiger partial charge in [0.25, 0.3) is 0 Å². The number of hydrogen-bond donors (Lipinski definition) is 1. The van der Waals surface area contributed by atoms with Gasteiger partial charge < -0.3 is 14.8 Å². The van der Waals surface area contributed by atoms with Crippen LogP contribution in [0.15, 0.2) is 23.7 Å². The van der Waals surface area contributed by atoms with Gasteiger partial charge in [-0.15, -0.1) is 24.0 Å². The molecule has 0 amide bonds. The highest BCUT2D eigenvalue weighted by atomic mass is 127. The molecule has 1 aliphatic heterocycles. The zero-order valence-electron chi connectivity index (χ0n) is 16.3. The summed E-state index contributed by atoms with van der Waals surface area (Å²) in [5.41, 5.74) is 0. The van der Waals surface area contributed by atoms with Crippen LogP contribution in [0.3, 0.4) is 0 Å². The molecule has 2 unspecified atom stereocenters. The summed E-state index contributed by atoms with van der Waals surface area (Å²) in [4.78, 5) is 11.5. The molecule has 0 spiro atoms. The summed E-state index contributed by atoms with van der Waals surface area (Å²) < 4.78 is 2.25. The van der Waals surface area contributed by atoms with Gasteiger partial charge in [0, 0.05) is 38.6 Å². The second-order valence-electron chi connectivity index (χ2n) is 7.41. The smallest absolute Gasteiger partial charge is 0.193 e. The van der Waals surface area contributed by atoms with E-state index < -0.39 is 0 Å². The predicted molar refractivity (Wildman–Crippen MR) is 117 cm³/mol. The van der Waals surface area contributed by atoms with E-state index in [1.54, 1.807) is 0 Å². The van der Waals surface area contributed by atoms with Crippen LogP contribution in [-0.2, 0) is 0 Å². The number of halogens is 1. The molecule has 25 heavy (non-hydrogen) atoms. The first-order chi connectivity index (χ1) is 11.6. The number of imidazole rings is 1. The van der Waals surface area contributed by atoms with Crippen LogP contribution in [0.1, 0.15) is 59.4 Å². The van der Waals surface area contributed by atoms with Crippen molar-refractivity contribution < 1.29 is 0 Å². The number of unbranched alkanes of at least 4 members (excludes halogenated alkanes) is 1. The molecule has 2 atom stereocenters. The number of guanidine groups is 1. The summed E-state index contributed by atoms with van der Waals surface area (Å²) in [7, 11) is 0. The minimum atomic E-state index is 0. The zero-order chi connectivity index (χ0) is 17.4. The van der Waals surface area contributed by atoms with E-state index >= 15 is 0 Å². The lowest BCUT2D eigenvalue weighted by atomic mass is 9.93. The highest BCUT2D eigenvalue weighted by Gasteiger charge is 2.28. The molecule has 5 nitrogen and oxygen atoms in total. The number of aromatic nitrogens is 2. The first-order valence-corrected chi connectivity index (χ1v) is 9.62. The van der Waals surface area contributed by atoms with Crippen LogP contribution >= 0.6 is 24.0 Å². The Balaban J connectivity index is 0.00000312. The van der Waals surface area contributed by atoms with Gasteiger partial charge in [0.05, 0.1) is 12.4 Å². The minimum Gasteiger partial charge on any atom is -0.357 e. The Hall–Kier alpha value is -0.790. The highest BCUT2D eigenvalue weighted by Crippen LogP contribution is 2.27. The number of nitrogens with zero attached hydrogens (tertiary/aromatic N) is 4. The number of rotatable bonds is 7. The summed E-state index contributed by atoms with van der Waals surface area (Å²) in [6, 6.07) is 0.478. The third kappa shape index (κ3) is 7.15. The maximum absolute atomic E-state index is 4.88. The quantitative estimate of drug-likeness (QED) is 0.287. The van der Waals surface area contributed by atoms with Crippen molar-refractivity contribution in [2.45, 2.75) is 59.4 Å². The van der Waals surface area contributed by atoms with Crippen molar-refractivity contribution in [2.75, 3.05) is 26.2 Å². The van der Waals surface area contributed by atoms with Gasteiger partial charge in [0.2, 0.25) is 0 Å². The second-order valence-corrected chi connectivity index (χ2v) is 7.41. The number of hydrogen-bond acceptors (Lipinski definition) is 2. The predicted octanol–water partition coefficient (Wildman–Crippen LogP) is 4.18. The Kier molecular flexibility index (Phi) is 10.5. The van der Waals surface area contributed by atoms with Crippen LogP contribution < -0.4 is 5.32 Å². The molecule has 1 saturated heterocycles. The van der Waals surface area contributed by atoms with Crippen molar-refractivity contribution in [1.29, 1.82) is 0 Å². The molecule has 2 heterocycles. The van der Waals surface area contributed by atoms with E-state index in [1.807, 2.05) is 12.5 Å². The molecule has 1 N–H and O–H groups in total. The van der Waals surface area contributed by atoms with Gasteiger partial charge in [-0.1, -0.05) is 33.6 Å². The zero-order valence-corrected chi connectivity index (χ0v) is 18.6. The molecule has 6 heteroatoms. The molecule has 1 aromatic heterocycles. The third-order valence-electron chi connectivity index (χ3n) is 4.91. The van der Waals surface area contributed by atoms with Crippen LogP contribution in [0.4, 0.5) is 0 Å². The molecule has 1 aromatic rings. The summed E-state index contributed by atoms with van der Waals surface area (Å²) >= 11 is 0. The van der Waals surface area contributed by atoms with E-state index in [0.29, 0.717) is 12.0 Å². The van der Waals surface area contributed by atoms with Gasteiger partial charge in [0.1, 0.15) is 0 Å². The Bertz CT molecular complexity index is 486. The largest absolute Gasteiger partial charge is 0.357 e. The molecule has 0 bridgehead atoms. The van der Waals surface area contributed by atoms with E-state index in [4.69, 9.17) is 4.99 Å². The van der Waals surface area contributed by atoms with Gasteiger partial charge in [0.15, 0.2) is 5.96 Å². The standard InChI is InChI=1S/C19H35N5.HI/c1-5-21-19(22-10-7-6-8-16(2)3)23-12-9-17(4)18(14-23)24-13-11-20-15-24;/h11,13,15-18H,5-10,12,14H2,1-4H3,(H,21,22);1H. The Morgan fingerprint density at radius 2 is 2.16 bits per heavy atom. The first kappa shape index (κ1) is 22.3. The summed E-state index contributed by atoms with van der Waals surface area (Å²) in [5.74, 6) is 2.55. The summed E-state index contributed by atoms with van der Waals surface area (Å²) in [5, 5.41) is 3.48. The molecule has 144 valence electrons. The monoisotopic (exact) mass is 461 g/mol. The number of aliphatic imine (C=N–C) groups is 1. The van der Waals surface area contributed by atoms with Crippen molar-refractivity contribution in [2.24, 2.45) is 16.8 Å². The Labute approximate surface area is 170 Å². The first-order valence-electron chi connectivity index (χ1n) is 9.62. The molecular weight excluding hydrogens is 425 g/mol. The van der Waals surface area contributed by atoms with E-state index in [9.17, 15) is 0 Å². The molecule has 1 fully saturated rings. The SMILES string of the molecule is CCNC(=NCCCCC(C)C)N1CCC(C)C(n2ccnc2)C1.I. The van der Waals surface area contributed by atoms with Crippen LogP contribution in [-0.4, -0.2) is 46.6 Å². The molecule has 0 aliphatic carbocycles. The van der Waals surface area contributed by atoms with E-state index in [1.165, 1.54) is 25.7 Å². The molecular formula is C19H36IN5. The number of likely N-dealkylation sites (tertiary alicyclic amines) is 1. The summed E-state index contributed by atoms with van der Waals surface area (Å²) in [6.07, 6.45) is 10.9. The maximum atomic E-state index is 4.88. The fraction of sp³-hybridized carbons (Fsp3) is 0.789. The van der Waals surface area contributed by atoms with Gasteiger partial charge in [-0.2, -0.15) is 0 Å². The van der Waals surface area contributed by atoms with Gasteiger partial charge in [-0.25, -0.2) is 4.98 Å². The van der Waals surface area contributed by atoms with Crippen molar-refractivity contribution in [1.82, 2.24) is 19.8 Å². The Morgan fingerprint density at radius 3 is 2.80 bits per heavy atom. The number of nitrogens with one attached hydrogen (secondary N) is 1. The van der Waals surface area contributed by atoms with Crippen LogP contribution in [0.25, 0.3) is 0 Å².